The maximum absolute atomic E-state index is 12.8. The van der Waals surface area contributed by atoms with E-state index in [1.165, 1.54) is 0 Å². The molecule has 3 rings (SSSR count). The van der Waals surface area contributed by atoms with E-state index in [0.29, 0.717) is 17.5 Å². The van der Waals surface area contributed by atoms with E-state index in [0.717, 1.165) is 45.6 Å². The lowest BCUT2D eigenvalue weighted by Gasteiger charge is -2.43. The zero-order valence-corrected chi connectivity index (χ0v) is 15.4. The Kier molecular flexibility index (Phi) is 4.97. The molecule has 1 unspecified atom stereocenters. The fourth-order valence-corrected chi connectivity index (χ4v) is 4.39. The summed E-state index contributed by atoms with van der Waals surface area (Å²) in [5.74, 6) is 0.532. The Hall–Kier alpha value is -1.40. The van der Waals surface area contributed by atoms with Gasteiger partial charge in [0.15, 0.2) is 0 Å². The number of hydrogen-bond acceptors (Lipinski definition) is 4. The lowest BCUT2D eigenvalue weighted by molar-refractivity contribution is 0.0279. The minimum Gasteiger partial charge on any atom is -0.384 e. The SMILES string of the molecule is COCC1CN(C(=O)c2cnn(C)c2)CC12CCN(C(C)C)CC2. The Morgan fingerprint density at radius 3 is 2.67 bits per heavy atom. The molecule has 1 atom stereocenters. The summed E-state index contributed by atoms with van der Waals surface area (Å²) >= 11 is 0. The molecule has 1 aromatic rings. The van der Waals surface area contributed by atoms with Gasteiger partial charge in [0.25, 0.3) is 5.91 Å². The predicted octanol–water partition coefficient (Wildman–Crippen LogP) is 1.63. The number of carbonyl (C=O) groups excluding carboxylic acids is 1. The van der Waals surface area contributed by atoms with Gasteiger partial charge in [0.1, 0.15) is 0 Å². The fraction of sp³-hybridized carbons (Fsp3) is 0.778. The van der Waals surface area contributed by atoms with E-state index < -0.39 is 0 Å². The second-order valence-corrected chi connectivity index (χ2v) is 7.73. The molecule has 0 bridgehead atoms. The zero-order chi connectivity index (χ0) is 17.3. The van der Waals surface area contributed by atoms with Gasteiger partial charge < -0.3 is 14.5 Å². The molecule has 6 nitrogen and oxygen atoms in total. The van der Waals surface area contributed by atoms with Crippen molar-refractivity contribution in [2.24, 2.45) is 18.4 Å². The first-order chi connectivity index (χ1) is 11.4. The molecule has 2 aliphatic heterocycles. The fourth-order valence-electron chi connectivity index (χ4n) is 4.39. The van der Waals surface area contributed by atoms with Crippen molar-refractivity contribution >= 4 is 5.91 Å². The van der Waals surface area contributed by atoms with Crippen LogP contribution in [-0.2, 0) is 11.8 Å². The summed E-state index contributed by atoms with van der Waals surface area (Å²) in [5.41, 5.74) is 0.893. The van der Waals surface area contributed by atoms with Gasteiger partial charge in [-0.25, -0.2) is 0 Å². The molecular weight excluding hydrogens is 304 g/mol. The molecule has 3 heterocycles. The normalized spacial score (nSPS) is 24.2. The van der Waals surface area contributed by atoms with Crippen LogP contribution in [0.25, 0.3) is 0 Å². The van der Waals surface area contributed by atoms with Crippen molar-refractivity contribution in [2.75, 3.05) is 39.9 Å². The molecule has 0 aliphatic carbocycles. The highest BCUT2D eigenvalue weighted by atomic mass is 16.5. The maximum atomic E-state index is 12.8. The van der Waals surface area contributed by atoms with E-state index in [4.69, 9.17) is 4.74 Å². The molecule has 0 aromatic carbocycles. The van der Waals surface area contributed by atoms with E-state index >= 15 is 0 Å². The smallest absolute Gasteiger partial charge is 0.257 e. The van der Waals surface area contributed by atoms with Crippen LogP contribution in [0.3, 0.4) is 0 Å². The number of ether oxygens (including phenoxy) is 1. The summed E-state index contributed by atoms with van der Waals surface area (Å²) in [4.78, 5) is 17.4. The minimum atomic E-state index is 0.104. The highest BCUT2D eigenvalue weighted by Gasteiger charge is 2.49. The molecule has 6 heteroatoms. The number of nitrogens with zero attached hydrogens (tertiary/aromatic N) is 4. The van der Waals surface area contributed by atoms with Crippen molar-refractivity contribution < 1.29 is 9.53 Å². The van der Waals surface area contributed by atoms with Crippen molar-refractivity contribution in [3.63, 3.8) is 0 Å². The van der Waals surface area contributed by atoms with Crippen molar-refractivity contribution in [2.45, 2.75) is 32.7 Å². The number of aromatic nitrogens is 2. The number of rotatable bonds is 4. The summed E-state index contributed by atoms with van der Waals surface area (Å²) < 4.78 is 7.18. The molecule has 1 amide bonds. The Balaban J connectivity index is 1.74. The number of likely N-dealkylation sites (tertiary alicyclic amines) is 2. The highest BCUT2D eigenvalue weighted by molar-refractivity contribution is 5.94. The Morgan fingerprint density at radius 2 is 2.12 bits per heavy atom. The van der Waals surface area contributed by atoms with Crippen LogP contribution in [0.5, 0.6) is 0 Å². The molecule has 0 radical (unpaired) electrons. The van der Waals surface area contributed by atoms with Crippen LogP contribution >= 0.6 is 0 Å². The van der Waals surface area contributed by atoms with Gasteiger partial charge in [-0.15, -0.1) is 0 Å². The second kappa shape index (κ2) is 6.84. The van der Waals surface area contributed by atoms with E-state index in [1.54, 1.807) is 24.2 Å². The van der Waals surface area contributed by atoms with E-state index in [9.17, 15) is 4.79 Å². The number of piperidine rings is 1. The summed E-state index contributed by atoms with van der Waals surface area (Å²) in [6, 6.07) is 0.595. The first kappa shape index (κ1) is 17.4. The Morgan fingerprint density at radius 1 is 1.42 bits per heavy atom. The Bertz CT molecular complexity index is 575. The molecule has 0 N–H and O–H groups in total. The maximum Gasteiger partial charge on any atom is 0.257 e. The third-order valence-corrected chi connectivity index (χ3v) is 5.94. The molecule has 1 spiro atoms. The van der Waals surface area contributed by atoms with E-state index in [1.807, 2.05) is 11.9 Å². The van der Waals surface area contributed by atoms with Crippen LogP contribution in [0, 0.1) is 11.3 Å². The average Bonchev–Trinajstić information content (AvgIpc) is 3.13. The van der Waals surface area contributed by atoms with Crippen LogP contribution in [0.1, 0.15) is 37.0 Å². The topological polar surface area (TPSA) is 50.6 Å². The van der Waals surface area contributed by atoms with Crippen molar-refractivity contribution in [1.82, 2.24) is 19.6 Å². The lowest BCUT2D eigenvalue weighted by atomic mass is 9.71. The summed E-state index contributed by atoms with van der Waals surface area (Å²) in [6.07, 6.45) is 5.77. The number of hydrogen-bond donors (Lipinski definition) is 0. The van der Waals surface area contributed by atoms with Gasteiger partial charge in [-0.05, 0) is 45.2 Å². The van der Waals surface area contributed by atoms with Crippen molar-refractivity contribution in [3.8, 4) is 0 Å². The predicted molar refractivity (Wildman–Crippen MR) is 92.9 cm³/mol. The summed E-state index contributed by atoms with van der Waals surface area (Å²) in [7, 11) is 3.61. The van der Waals surface area contributed by atoms with E-state index in [-0.39, 0.29) is 11.3 Å². The molecule has 24 heavy (non-hydrogen) atoms. The van der Waals surface area contributed by atoms with Gasteiger partial charge in [0.05, 0.1) is 18.4 Å². The first-order valence-electron chi connectivity index (χ1n) is 8.96. The summed E-state index contributed by atoms with van der Waals surface area (Å²) in [6.45, 7) is 9.14. The summed E-state index contributed by atoms with van der Waals surface area (Å²) in [5, 5.41) is 4.14. The van der Waals surface area contributed by atoms with Crippen molar-refractivity contribution in [1.29, 1.82) is 0 Å². The van der Waals surface area contributed by atoms with Crippen LogP contribution in [0.4, 0.5) is 0 Å². The van der Waals surface area contributed by atoms with Gasteiger partial charge in [-0.2, -0.15) is 5.10 Å². The van der Waals surface area contributed by atoms with Gasteiger partial charge in [-0.3, -0.25) is 9.48 Å². The molecule has 2 saturated heterocycles. The van der Waals surface area contributed by atoms with Crippen LogP contribution in [-0.4, -0.2) is 71.4 Å². The number of amides is 1. The third kappa shape index (κ3) is 3.22. The molecular formula is C18H30N4O2. The monoisotopic (exact) mass is 334 g/mol. The second-order valence-electron chi connectivity index (χ2n) is 7.73. The van der Waals surface area contributed by atoms with Crippen LogP contribution in [0.2, 0.25) is 0 Å². The van der Waals surface area contributed by atoms with Gasteiger partial charge in [0.2, 0.25) is 0 Å². The minimum absolute atomic E-state index is 0.104. The number of carbonyl (C=O) groups is 1. The molecule has 1 aromatic heterocycles. The average molecular weight is 334 g/mol. The molecule has 2 fully saturated rings. The van der Waals surface area contributed by atoms with Gasteiger partial charge >= 0.3 is 0 Å². The standard InChI is InChI=1S/C18H30N4O2/c1-14(2)21-7-5-18(6-8-21)13-22(11-16(18)12-24-4)17(23)15-9-19-20(3)10-15/h9-10,14,16H,5-8,11-13H2,1-4H3. The van der Waals surface area contributed by atoms with E-state index in [2.05, 4.69) is 23.8 Å². The van der Waals surface area contributed by atoms with Crippen LogP contribution < -0.4 is 0 Å². The third-order valence-electron chi connectivity index (χ3n) is 5.94. The quantitative estimate of drug-likeness (QED) is 0.840. The number of aryl methyl sites for hydroxylation is 1. The highest BCUT2D eigenvalue weighted by Crippen LogP contribution is 2.45. The molecule has 134 valence electrons. The van der Waals surface area contributed by atoms with Crippen LogP contribution in [0.15, 0.2) is 12.4 Å². The number of methoxy groups -OCH3 is 1. The lowest BCUT2D eigenvalue weighted by Crippen LogP contribution is -2.47. The largest absolute Gasteiger partial charge is 0.384 e. The van der Waals surface area contributed by atoms with Gasteiger partial charge in [-0.1, -0.05) is 0 Å². The first-order valence-corrected chi connectivity index (χ1v) is 8.96. The zero-order valence-electron chi connectivity index (χ0n) is 15.4. The Labute approximate surface area is 144 Å². The van der Waals surface area contributed by atoms with Crippen molar-refractivity contribution in [3.05, 3.63) is 18.0 Å². The molecule has 0 saturated carbocycles. The van der Waals surface area contributed by atoms with Gasteiger partial charge in [0, 0.05) is 45.4 Å². The molecule has 2 aliphatic rings.